The largest absolute Gasteiger partial charge is 0.495 e. The van der Waals surface area contributed by atoms with Crippen molar-refractivity contribution in [2.45, 2.75) is 6.54 Å². The van der Waals surface area contributed by atoms with Crippen molar-refractivity contribution in [2.75, 3.05) is 25.1 Å². The fraction of sp³-hybridized carbons (Fsp3) is 0.364. The fourth-order valence-electron chi connectivity index (χ4n) is 1.77. The van der Waals surface area contributed by atoms with Crippen LogP contribution in [0.5, 0.6) is 5.75 Å². The number of nitrogens with one attached hydrogen (secondary N) is 1. The number of nitrogens with two attached hydrogens (primary N) is 1. The molecule has 5 heteroatoms. The van der Waals surface area contributed by atoms with Crippen molar-refractivity contribution >= 4 is 11.7 Å². The van der Waals surface area contributed by atoms with E-state index in [1.165, 1.54) is 0 Å². The van der Waals surface area contributed by atoms with Crippen LogP contribution in [-0.2, 0) is 6.54 Å². The maximum Gasteiger partial charge on any atom is 0.322 e. The van der Waals surface area contributed by atoms with E-state index in [-0.39, 0.29) is 6.03 Å². The summed E-state index contributed by atoms with van der Waals surface area (Å²) < 4.78 is 5.27. The standard InChI is InChI=1S/C11H15N3O2/c1-16-10-6-8(7-12)2-3-9(10)14-5-4-13-11(14)15/h2-3,6H,4-5,7,12H2,1H3,(H,13,15). The average molecular weight is 221 g/mol. The molecule has 1 aliphatic rings. The van der Waals surface area contributed by atoms with Crippen LogP contribution >= 0.6 is 0 Å². The molecule has 0 atom stereocenters. The molecule has 1 aromatic carbocycles. The van der Waals surface area contributed by atoms with Crippen LogP contribution in [0.2, 0.25) is 0 Å². The molecule has 3 N–H and O–H groups in total. The first-order valence-electron chi connectivity index (χ1n) is 5.18. The molecule has 0 aliphatic carbocycles. The Bertz CT molecular complexity index is 406. The number of carbonyl (C=O) groups excluding carboxylic acids is 1. The van der Waals surface area contributed by atoms with Crippen molar-refractivity contribution in [1.29, 1.82) is 0 Å². The van der Waals surface area contributed by atoms with E-state index in [2.05, 4.69) is 5.32 Å². The number of hydrogen-bond donors (Lipinski definition) is 2. The molecule has 0 aromatic heterocycles. The molecule has 1 heterocycles. The number of methoxy groups -OCH3 is 1. The predicted molar refractivity (Wildman–Crippen MR) is 61.6 cm³/mol. The summed E-state index contributed by atoms with van der Waals surface area (Å²) in [6.07, 6.45) is 0. The quantitative estimate of drug-likeness (QED) is 0.788. The highest BCUT2D eigenvalue weighted by atomic mass is 16.5. The van der Waals surface area contributed by atoms with E-state index < -0.39 is 0 Å². The lowest BCUT2D eigenvalue weighted by atomic mass is 10.2. The average Bonchev–Trinajstić information content (AvgIpc) is 2.74. The first-order valence-corrected chi connectivity index (χ1v) is 5.18. The molecule has 0 spiro atoms. The Labute approximate surface area is 94.2 Å². The first-order chi connectivity index (χ1) is 7.76. The van der Waals surface area contributed by atoms with Gasteiger partial charge in [-0.3, -0.25) is 4.90 Å². The second kappa shape index (κ2) is 4.40. The molecular weight excluding hydrogens is 206 g/mol. The van der Waals surface area contributed by atoms with Gasteiger partial charge in [-0.1, -0.05) is 6.07 Å². The number of carbonyl (C=O) groups is 1. The smallest absolute Gasteiger partial charge is 0.322 e. The highest BCUT2D eigenvalue weighted by Gasteiger charge is 2.23. The molecule has 2 rings (SSSR count). The van der Waals surface area contributed by atoms with Gasteiger partial charge < -0.3 is 15.8 Å². The van der Waals surface area contributed by atoms with Crippen LogP contribution in [0, 0.1) is 0 Å². The minimum absolute atomic E-state index is 0.0844. The van der Waals surface area contributed by atoms with E-state index in [0.717, 1.165) is 11.3 Å². The van der Waals surface area contributed by atoms with Crippen molar-refractivity contribution in [3.05, 3.63) is 23.8 Å². The van der Waals surface area contributed by atoms with E-state index in [1.54, 1.807) is 12.0 Å². The topological polar surface area (TPSA) is 67.6 Å². The molecule has 0 bridgehead atoms. The number of hydrogen-bond acceptors (Lipinski definition) is 3. The molecule has 86 valence electrons. The van der Waals surface area contributed by atoms with Crippen molar-refractivity contribution in [1.82, 2.24) is 5.32 Å². The molecule has 1 aliphatic heterocycles. The molecule has 0 saturated carbocycles. The summed E-state index contributed by atoms with van der Waals surface area (Å²) in [5.41, 5.74) is 7.33. The zero-order chi connectivity index (χ0) is 11.5. The van der Waals surface area contributed by atoms with Crippen LogP contribution in [0.1, 0.15) is 5.56 Å². The number of benzene rings is 1. The predicted octanol–water partition coefficient (Wildman–Crippen LogP) is 0.684. The lowest BCUT2D eigenvalue weighted by Gasteiger charge is -2.18. The molecule has 2 amide bonds. The van der Waals surface area contributed by atoms with E-state index in [0.29, 0.717) is 25.4 Å². The minimum Gasteiger partial charge on any atom is -0.495 e. The zero-order valence-electron chi connectivity index (χ0n) is 9.19. The Hall–Kier alpha value is -1.75. The molecule has 1 fully saturated rings. The Morgan fingerprint density at radius 2 is 2.38 bits per heavy atom. The number of amides is 2. The van der Waals surface area contributed by atoms with Gasteiger partial charge >= 0.3 is 6.03 Å². The summed E-state index contributed by atoms with van der Waals surface area (Å²) >= 11 is 0. The summed E-state index contributed by atoms with van der Waals surface area (Å²) in [7, 11) is 1.59. The van der Waals surface area contributed by atoms with Crippen LogP contribution in [0.3, 0.4) is 0 Å². The van der Waals surface area contributed by atoms with Crippen molar-refractivity contribution in [3.8, 4) is 5.75 Å². The number of rotatable bonds is 3. The van der Waals surface area contributed by atoms with Crippen molar-refractivity contribution < 1.29 is 9.53 Å². The van der Waals surface area contributed by atoms with Crippen LogP contribution in [-0.4, -0.2) is 26.2 Å². The molecule has 1 aromatic rings. The van der Waals surface area contributed by atoms with Gasteiger partial charge in [0.2, 0.25) is 0 Å². The highest BCUT2D eigenvalue weighted by Crippen LogP contribution is 2.30. The Kier molecular flexibility index (Phi) is 2.96. The van der Waals surface area contributed by atoms with Crippen LogP contribution in [0.4, 0.5) is 10.5 Å². The third kappa shape index (κ3) is 1.81. The Balaban J connectivity index is 2.36. The summed E-state index contributed by atoms with van der Waals surface area (Å²) in [6.45, 7) is 1.79. The van der Waals surface area contributed by atoms with Crippen LogP contribution in [0.15, 0.2) is 18.2 Å². The lowest BCUT2D eigenvalue weighted by Crippen LogP contribution is -2.28. The molecule has 1 saturated heterocycles. The SMILES string of the molecule is COc1cc(CN)ccc1N1CCNC1=O. The number of anilines is 1. The second-order valence-electron chi connectivity index (χ2n) is 3.59. The Morgan fingerprint density at radius 3 is 2.94 bits per heavy atom. The summed E-state index contributed by atoms with van der Waals surface area (Å²) in [6, 6.07) is 5.55. The maximum atomic E-state index is 11.5. The van der Waals surface area contributed by atoms with Gasteiger partial charge in [-0.25, -0.2) is 4.79 Å². The van der Waals surface area contributed by atoms with Crippen LogP contribution in [0.25, 0.3) is 0 Å². The number of urea groups is 1. The zero-order valence-corrected chi connectivity index (χ0v) is 9.19. The van der Waals surface area contributed by atoms with Gasteiger partial charge in [-0.15, -0.1) is 0 Å². The molecule has 5 nitrogen and oxygen atoms in total. The number of ether oxygens (including phenoxy) is 1. The van der Waals surface area contributed by atoms with Crippen LogP contribution < -0.4 is 20.7 Å². The summed E-state index contributed by atoms with van der Waals surface area (Å²) in [5, 5.41) is 2.75. The van der Waals surface area contributed by atoms with Gasteiger partial charge in [0.25, 0.3) is 0 Å². The van der Waals surface area contributed by atoms with Gasteiger partial charge in [-0.05, 0) is 17.7 Å². The van der Waals surface area contributed by atoms with E-state index >= 15 is 0 Å². The lowest BCUT2D eigenvalue weighted by molar-refractivity contribution is 0.252. The van der Waals surface area contributed by atoms with Crippen molar-refractivity contribution in [2.24, 2.45) is 5.73 Å². The van der Waals surface area contributed by atoms with Gasteiger partial charge in [0.15, 0.2) is 0 Å². The molecular formula is C11H15N3O2. The van der Waals surface area contributed by atoms with Crippen molar-refractivity contribution in [3.63, 3.8) is 0 Å². The van der Waals surface area contributed by atoms with Gasteiger partial charge in [0, 0.05) is 19.6 Å². The monoisotopic (exact) mass is 221 g/mol. The minimum atomic E-state index is -0.0844. The number of nitrogens with zero attached hydrogens (tertiary/aromatic N) is 1. The molecule has 16 heavy (non-hydrogen) atoms. The summed E-state index contributed by atoms with van der Waals surface area (Å²) in [4.78, 5) is 13.2. The summed E-state index contributed by atoms with van der Waals surface area (Å²) in [5.74, 6) is 0.681. The third-order valence-corrected chi connectivity index (χ3v) is 2.63. The third-order valence-electron chi connectivity index (χ3n) is 2.63. The Morgan fingerprint density at radius 1 is 1.56 bits per heavy atom. The first kappa shape index (κ1) is 10.8. The van der Waals surface area contributed by atoms with E-state index in [1.807, 2.05) is 18.2 Å². The molecule has 0 radical (unpaired) electrons. The fourth-order valence-corrected chi connectivity index (χ4v) is 1.77. The molecule has 0 unspecified atom stereocenters. The van der Waals surface area contributed by atoms with Gasteiger partial charge in [0.1, 0.15) is 5.75 Å². The van der Waals surface area contributed by atoms with Gasteiger partial charge in [0.05, 0.1) is 12.8 Å². The normalized spacial score (nSPS) is 15.1. The van der Waals surface area contributed by atoms with E-state index in [9.17, 15) is 4.79 Å². The van der Waals surface area contributed by atoms with E-state index in [4.69, 9.17) is 10.5 Å². The second-order valence-corrected chi connectivity index (χ2v) is 3.59. The van der Waals surface area contributed by atoms with Gasteiger partial charge in [-0.2, -0.15) is 0 Å². The maximum absolute atomic E-state index is 11.5. The highest BCUT2D eigenvalue weighted by molar-refractivity contribution is 5.95.